The van der Waals surface area contributed by atoms with Crippen LogP contribution in [-0.2, 0) is 12.0 Å². The molecule has 1 aromatic carbocycles. The molecule has 0 bridgehead atoms. The first-order chi connectivity index (χ1) is 9.77. The summed E-state index contributed by atoms with van der Waals surface area (Å²) >= 11 is 0. The van der Waals surface area contributed by atoms with Gasteiger partial charge in [0.05, 0.1) is 5.56 Å². The average Bonchev–Trinajstić information content (AvgIpc) is 2.84. The molecule has 1 aromatic heterocycles. The van der Waals surface area contributed by atoms with Crippen molar-refractivity contribution in [2.24, 2.45) is 0 Å². The Bertz CT molecular complexity index is 656. The van der Waals surface area contributed by atoms with Gasteiger partial charge in [0.2, 0.25) is 11.7 Å². The van der Waals surface area contributed by atoms with E-state index in [9.17, 15) is 4.79 Å². The molecule has 6 nitrogen and oxygen atoms in total. The smallest absolute Gasteiger partial charge is 0.335 e. The number of carboxylic acid groups (broad SMARTS) is 1. The van der Waals surface area contributed by atoms with Gasteiger partial charge in [0.15, 0.2) is 6.61 Å². The molecule has 0 saturated heterocycles. The van der Waals surface area contributed by atoms with E-state index < -0.39 is 5.97 Å². The Hall–Kier alpha value is -2.37. The fourth-order valence-corrected chi connectivity index (χ4v) is 1.73. The van der Waals surface area contributed by atoms with Crippen LogP contribution in [0, 0.1) is 6.92 Å². The van der Waals surface area contributed by atoms with Gasteiger partial charge < -0.3 is 14.4 Å². The molecule has 6 heteroatoms. The number of benzene rings is 1. The van der Waals surface area contributed by atoms with E-state index in [1.807, 2.05) is 20.8 Å². The molecule has 0 aliphatic carbocycles. The average molecular weight is 290 g/mol. The summed E-state index contributed by atoms with van der Waals surface area (Å²) in [7, 11) is 0. The highest BCUT2D eigenvalue weighted by Gasteiger charge is 2.21. The Morgan fingerprint density at radius 1 is 1.38 bits per heavy atom. The molecule has 0 radical (unpaired) electrons. The van der Waals surface area contributed by atoms with Crippen LogP contribution in [0.5, 0.6) is 5.75 Å². The van der Waals surface area contributed by atoms with Crippen molar-refractivity contribution in [2.45, 2.75) is 39.7 Å². The molecule has 0 spiro atoms. The lowest BCUT2D eigenvalue weighted by Gasteiger charge is -2.10. The van der Waals surface area contributed by atoms with Gasteiger partial charge in [-0.15, -0.1) is 0 Å². The molecular weight excluding hydrogens is 272 g/mol. The van der Waals surface area contributed by atoms with E-state index in [4.69, 9.17) is 14.4 Å². The van der Waals surface area contributed by atoms with Crippen molar-refractivity contribution >= 4 is 5.97 Å². The number of aromatic carboxylic acids is 1. The second kappa shape index (κ2) is 5.55. The third-order valence-electron chi connectivity index (χ3n) is 2.91. The molecule has 0 saturated carbocycles. The minimum absolute atomic E-state index is 0.172. The SMILES string of the molecule is Cc1cc(OCc2noc(C(C)(C)C)n2)ccc1C(=O)O. The van der Waals surface area contributed by atoms with Crippen molar-refractivity contribution in [1.82, 2.24) is 10.1 Å². The number of carboxylic acids is 1. The first-order valence-corrected chi connectivity index (χ1v) is 6.57. The predicted molar refractivity (Wildman–Crippen MR) is 75.5 cm³/mol. The molecule has 0 atom stereocenters. The van der Waals surface area contributed by atoms with Crippen LogP contribution in [-0.4, -0.2) is 21.2 Å². The van der Waals surface area contributed by atoms with Crippen molar-refractivity contribution in [3.05, 3.63) is 41.0 Å². The number of aryl methyl sites for hydroxylation is 1. The standard InChI is InChI=1S/C15H18N2O4/c1-9-7-10(5-6-11(9)13(18)19)20-8-12-16-14(21-17-12)15(2,3)4/h5-7H,8H2,1-4H3,(H,18,19). The minimum Gasteiger partial charge on any atom is -0.485 e. The van der Waals surface area contributed by atoms with Gasteiger partial charge in [0.1, 0.15) is 5.75 Å². The summed E-state index contributed by atoms with van der Waals surface area (Å²) in [5.74, 6) is 0.630. The predicted octanol–water partition coefficient (Wildman–Crippen LogP) is 2.95. The van der Waals surface area contributed by atoms with E-state index in [-0.39, 0.29) is 17.6 Å². The monoisotopic (exact) mass is 290 g/mol. The summed E-state index contributed by atoms with van der Waals surface area (Å²) in [5.41, 5.74) is 0.700. The number of hydrogen-bond donors (Lipinski definition) is 1. The van der Waals surface area contributed by atoms with Crippen LogP contribution in [0.1, 0.15) is 48.4 Å². The van der Waals surface area contributed by atoms with E-state index in [2.05, 4.69) is 10.1 Å². The molecule has 1 heterocycles. The number of aromatic nitrogens is 2. The van der Waals surface area contributed by atoms with Gasteiger partial charge >= 0.3 is 5.97 Å². The van der Waals surface area contributed by atoms with Crippen LogP contribution in [0.3, 0.4) is 0 Å². The van der Waals surface area contributed by atoms with Gasteiger partial charge in [0.25, 0.3) is 0 Å². The first kappa shape index (κ1) is 15.0. The molecule has 2 aromatic rings. The number of nitrogens with zero attached hydrogens (tertiary/aromatic N) is 2. The quantitative estimate of drug-likeness (QED) is 0.931. The van der Waals surface area contributed by atoms with Crippen LogP contribution in [0.4, 0.5) is 0 Å². The number of ether oxygens (including phenoxy) is 1. The Labute approximate surface area is 122 Å². The Morgan fingerprint density at radius 3 is 2.62 bits per heavy atom. The van der Waals surface area contributed by atoms with Gasteiger partial charge in [0, 0.05) is 5.41 Å². The van der Waals surface area contributed by atoms with Crippen molar-refractivity contribution in [1.29, 1.82) is 0 Å². The van der Waals surface area contributed by atoms with E-state index >= 15 is 0 Å². The molecular formula is C15H18N2O4. The Morgan fingerprint density at radius 2 is 2.10 bits per heavy atom. The molecule has 0 aliphatic heterocycles. The van der Waals surface area contributed by atoms with Gasteiger partial charge in [-0.3, -0.25) is 0 Å². The van der Waals surface area contributed by atoms with Crippen LogP contribution in [0.2, 0.25) is 0 Å². The van der Waals surface area contributed by atoms with Crippen molar-refractivity contribution < 1.29 is 19.2 Å². The van der Waals surface area contributed by atoms with E-state index in [0.29, 0.717) is 23.0 Å². The van der Waals surface area contributed by atoms with Crippen LogP contribution < -0.4 is 4.74 Å². The Balaban J connectivity index is 2.05. The highest BCUT2D eigenvalue weighted by atomic mass is 16.5. The maximum atomic E-state index is 10.9. The highest BCUT2D eigenvalue weighted by molar-refractivity contribution is 5.89. The highest BCUT2D eigenvalue weighted by Crippen LogP contribution is 2.21. The summed E-state index contributed by atoms with van der Waals surface area (Å²) in [6.07, 6.45) is 0. The maximum absolute atomic E-state index is 10.9. The molecule has 0 aliphatic rings. The fraction of sp³-hybridized carbons (Fsp3) is 0.400. The topological polar surface area (TPSA) is 85.5 Å². The van der Waals surface area contributed by atoms with Gasteiger partial charge in [-0.25, -0.2) is 4.79 Å². The van der Waals surface area contributed by atoms with E-state index in [0.717, 1.165) is 0 Å². The van der Waals surface area contributed by atoms with Crippen LogP contribution in [0.15, 0.2) is 22.7 Å². The lowest BCUT2D eigenvalue weighted by Crippen LogP contribution is -2.11. The third kappa shape index (κ3) is 3.59. The number of hydrogen-bond acceptors (Lipinski definition) is 5. The van der Waals surface area contributed by atoms with Crippen molar-refractivity contribution in [3.63, 3.8) is 0 Å². The Kier molecular flexibility index (Phi) is 3.97. The van der Waals surface area contributed by atoms with E-state index in [1.54, 1.807) is 19.1 Å². The largest absolute Gasteiger partial charge is 0.485 e. The molecule has 2 rings (SSSR count). The molecule has 112 valence electrons. The molecule has 0 amide bonds. The van der Waals surface area contributed by atoms with E-state index in [1.165, 1.54) is 6.07 Å². The van der Waals surface area contributed by atoms with Gasteiger partial charge in [-0.1, -0.05) is 25.9 Å². The summed E-state index contributed by atoms with van der Waals surface area (Å²) < 4.78 is 10.7. The first-order valence-electron chi connectivity index (χ1n) is 6.57. The maximum Gasteiger partial charge on any atom is 0.335 e. The van der Waals surface area contributed by atoms with Crippen molar-refractivity contribution in [3.8, 4) is 5.75 Å². The third-order valence-corrected chi connectivity index (χ3v) is 2.91. The zero-order chi connectivity index (χ0) is 15.6. The molecule has 0 unspecified atom stereocenters. The second-order valence-electron chi connectivity index (χ2n) is 5.84. The summed E-state index contributed by atoms with van der Waals surface area (Å²) in [4.78, 5) is 15.2. The summed E-state index contributed by atoms with van der Waals surface area (Å²) in [6, 6.07) is 4.80. The molecule has 21 heavy (non-hydrogen) atoms. The fourth-order valence-electron chi connectivity index (χ4n) is 1.73. The zero-order valence-electron chi connectivity index (χ0n) is 12.5. The lowest BCUT2D eigenvalue weighted by molar-refractivity contribution is 0.0696. The minimum atomic E-state index is -0.952. The summed E-state index contributed by atoms with van der Waals surface area (Å²) in [6.45, 7) is 7.85. The molecule has 1 N–H and O–H groups in total. The van der Waals surface area contributed by atoms with Crippen LogP contribution >= 0.6 is 0 Å². The normalized spacial score (nSPS) is 11.4. The van der Waals surface area contributed by atoms with Gasteiger partial charge in [-0.05, 0) is 30.7 Å². The lowest BCUT2D eigenvalue weighted by atomic mass is 9.97. The zero-order valence-corrected chi connectivity index (χ0v) is 12.5. The van der Waals surface area contributed by atoms with Crippen molar-refractivity contribution in [2.75, 3.05) is 0 Å². The molecule has 0 fully saturated rings. The van der Waals surface area contributed by atoms with Gasteiger partial charge in [-0.2, -0.15) is 4.98 Å². The summed E-state index contributed by atoms with van der Waals surface area (Å²) in [5, 5.41) is 12.8. The van der Waals surface area contributed by atoms with Crippen LogP contribution in [0.25, 0.3) is 0 Å². The number of carbonyl (C=O) groups is 1. The number of rotatable bonds is 4. The second-order valence-corrected chi connectivity index (χ2v) is 5.84.